The number of aromatic amines is 1. The summed E-state index contributed by atoms with van der Waals surface area (Å²) in [4.78, 5) is 30.3. The van der Waals surface area contributed by atoms with Gasteiger partial charge in [-0.25, -0.2) is 0 Å². The molecule has 0 spiro atoms. The van der Waals surface area contributed by atoms with Gasteiger partial charge in [0.15, 0.2) is 0 Å². The number of carbonyl (C=O) groups is 1. The smallest absolute Gasteiger partial charge is 0.252 e. The van der Waals surface area contributed by atoms with Crippen LogP contribution < -0.4 is 15.6 Å². The number of H-pyrrole nitrogens is 1. The van der Waals surface area contributed by atoms with Gasteiger partial charge in [0.05, 0.1) is 13.3 Å². The summed E-state index contributed by atoms with van der Waals surface area (Å²) in [5.41, 5.74) is 4.58. The van der Waals surface area contributed by atoms with Crippen molar-refractivity contribution in [1.29, 1.82) is 5.26 Å². The molecule has 0 aliphatic rings. The van der Waals surface area contributed by atoms with Gasteiger partial charge in [-0.3, -0.25) is 14.2 Å². The monoisotopic (exact) mass is 536 g/mol. The number of fused-ring (bicyclic) bond motifs is 1. The van der Waals surface area contributed by atoms with Crippen molar-refractivity contribution in [2.24, 2.45) is 0 Å². The largest absolute Gasteiger partial charge is 0.495 e. The topological polar surface area (TPSA) is 99.9 Å². The van der Waals surface area contributed by atoms with Crippen LogP contribution in [0.15, 0.2) is 89.9 Å². The lowest BCUT2D eigenvalue weighted by Crippen LogP contribution is -2.34. The molecule has 5 aromatic rings. The minimum absolute atomic E-state index is 0.286. The number of aryl methyl sites for hydroxylation is 1. The Hall–Kier alpha value is -4.80. The van der Waals surface area contributed by atoms with E-state index in [2.05, 4.69) is 16.4 Å². The van der Waals surface area contributed by atoms with Crippen molar-refractivity contribution in [2.45, 2.75) is 19.4 Å². The van der Waals surface area contributed by atoms with Crippen LogP contribution in [0.25, 0.3) is 22.0 Å². The number of nitrogens with one attached hydrogen (secondary N) is 2. The van der Waals surface area contributed by atoms with Crippen molar-refractivity contribution in [3.63, 3.8) is 0 Å². The maximum absolute atomic E-state index is 13.7. The number of benzene rings is 3. The number of halogens is 1. The van der Waals surface area contributed by atoms with Gasteiger partial charge < -0.3 is 15.0 Å². The quantitative estimate of drug-likeness (QED) is 0.256. The van der Waals surface area contributed by atoms with Crippen LogP contribution in [0.3, 0.4) is 0 Å². The fourth-order valence-electron chi connectivity index (χ4n) is 4.68. The molecule has 0 aliphatic heterocycles. The van der Waals surface area contributed by atoms with E-state index in [1.54, 1.807) is 36.5 Å². The normalized spacial score (nSPS) is 11.6. The van der Waals surface area contributed by atoms with Crippen molar-refractivity contribution in [2.75, 3.05) is 12.4 Å². The summed E-state index contributed by atoms with van der Waals surface area (Å²) in [5, 5.41) is 13.5. The molecule has 7 nitrogen and oxygen atoms in total. The Kier molecular flexibility index (Phi) is 7.22. The second kappa shape index (κ2) is 10.9. The summed E-state index contributed by atoms with van der Waals surface area (Å²) in [6.07, 6.45) is 1.87. The lowest BCUT2D eigenvalue weighted by molar-refractivity contribution is -0.119. The average Bonchev–Trinajstić information content (AvgIpc) is 3.36. The van der Waals surface area contributed by atoms with Gasteiger partial charge >= 0.3 is 0 Å². The summed E-state index contributed by atoms with van der Waals surface area (Å²) in [5.74, 6) is 0.0868. The number of hydrogen-bond acceptors (Lipinski definition) is 4. The van der Waals surface area contributed by atoms with E-state index in [-0.39, 0.29) is 17.9 Å². The van der Waals surface area contributed by atoms with Crippen LogP contribution in [0.2, 0.25) is 5.02 Å². The van der Waals surface area contributed by atoms with Gasteiger partial charge in [-0.15, -0.1) is 0 Å². The number of amides is 1. The van der Waals surface area contributed by atoms with Crippen molar-refractivity contribution in [3.8, 4) is 22.9 Å². The number of hydrogen-bond donors (Lipinski definition) is 2. The van der Waals surface area contributed by atoms with E-state index in [9.17, 15) is 14.9 Å². The van der Waals surface area contributed by atoms with Crippen LogP contribution in [0.5, 0.6) is 5.75 Å². The number of rotatable bonds is 7. The van der Waals surface area contributed by atoms with Crippen molar-refractivity contribution in [3.05, 3.63) is 117 Å². The highest BCUT2D eigenvalue weighted by atomic mass is 35.5. The molecule has 1 amide bonds. The van der Waals surface area contributed by atoms with E-state index >= 15 is 0 Å². The molecule has 0 fully saturated rings. The van der Waals surface area contributed by atoms with Gasteiger partial charge in [0.25, 0.3) is 5.56 Å². The minimum atomic E-state index is -0.864. The van der Waals surface area contributed by atoms with Gasteiger partial charge in [-0.1, -0.05) is 54.1 Å². The minimum Gasteiger partial charge on any atom is -0.495 e. The molecule has 1 unspecified atom stereocenters. The Morgan fingerprint density at radius 1 is 1.08 bits per heavy atom. The van der Waals surface area contributed by atoms with Gasteiger partial charge in [-0.2, -0.15) is 5.26 Å². The van der Waals surface area contributed by atoms with E-state index in [1.807, 2.05) is 49.4 Å². The zero-order chi connectivity index (χ0) is 27.5. The first-order chi connectivity index (χ1) is 18.9. The second-order valence-electron chi connectivity index (χ2n) is 9.25. The molecular weight excluding hydrogens is 512 g/mol. The maximum atomic E-state index is 13.7. The van der Waals surface area contributed by atoms with Crippen molar-refractivity contribution < 1.29 is 9.53 Å². The van der Waals surface area contributed by atoms with Crippen molar-refractivity contribution in [1.82, 2.24) is 9.55 Å². The number of pyridine rings is 1. The molecule has 0 saturated heterocycles. The van der Waals surface area contributed by atoms with Gasteiger partial charge in [0.2, 0.25) is 5.91 Å². The van der Waals surface area contributed by atoms with Crippen LogP contribution >= 0.6 is 11.6 Å². The van der Waals surface area contributed by atoms with Gasteiger partial charge in [0.1, 0.15) is 23.6 Å². The number of methoxy groups -OCH3 is 1. The van der Waals surface area contributed by atoms with Crippen LogP contribution in [0.4, 0.5) is 5.69 Å². The molecule has 2 aromatic heterocycles. The highest BCUT2D eigenvalue weighted by molar-refractivity contribution is 6.30. The third kappa shape index (κ3) is 5.42. The summed E-state index contributed by atoms with van der Waals surface area (Å²) in [6, 6.07) is 24.8. The molecule has 0 aliphatic carbocycles. The van der Waals surface area contributed by atoms with Gasteiger partial charge in [-0.05, 0) is 53.9 Å². The number of ether oxygens (including phenoxy) is 1. The number of carbonyl (C=O) groups excluding carboxylic acids is 1. The third-order valence-corrected chi connectivity index (χ3v) is 6.91. The Morgan fingerprint density at radius 2 is 1.87 bits per heavy atom. The highest BCUT2D eigenvalue weighted by Gasteiger charge is 2.25. The maximum Gasteiger partial charge on any atom is 0.252 e. The molecule has 8 heteroatoms. The zero-order valence-corrected chi connectivity index (χ0v) is 22.1. The van der Waals surface area contributed by atoms with E-state index in [0.29, 0.717) is 27.7 Å². The first-order valence-electron chi connectivity index (χ1n) is 12.3. The Labute approximate surface area is 230 Å². The fourth-order valence-corrected chi connectivity index (χ4v) is 4.85. The molecule has 0 bridgehead atoms. The summed E-state index contributed by atoms with van der Waals surface area (Å²) >= 11 is 6.24. The third-order valence-electron chi connectivity index (χ3n) is 6.67. The first-order valence-corrected chi connectivity index (χ1v) is 12.7. The highest BCUT2D eigenvalue weighted by Crippen LogP contribution is 2.33. The Morgan fingerprint density at radius 3 is 2.62 bits per heavy atom. The molecule has 39 heavy (non-hydrogen) atoms. The Balaban J connectivity index is 1.56. The van der Waals surface area contributed by atoms with Crippen LogP contribution in [-0.2, 0) is 11.2 Å². The summed E-state index contributed by atoms with van der Waals surface area (Å²) < 4.78 is 7.09. The average molecular weight is 537 g/mol. The number of anilines is 1. The number of aromatic nitrogens is 2. The van der Waals surface area contributed by atoms with Crippen LogP contribution in [0, 0.1) is 18.3 Å². The van der Waals surface area contributed by atoms with E-state index in [4.69, 9.17) is 16.3 Å². The summed E-state index contributed by atoms with van der Waals surface area (Å²) in [6.45, 7) is 1.93. The van der Waals surface area contributed by atoms with Crippen LogP contribution in [0.1, 0.15) is 22.9 Å². The predicted molar refractivity (Wildman–Crippen MR) is 153 cm³/mol. The number of nitriles is 1. The molecule has 2 heterocycles. The second-order valence-corrected chi connectivity index (χ2v) is 9.69. The summed E-state index contributed by atoms with van der Waals surface area (Å²) in [7, 11) is 1.53. The van der Waals surface area contributed by atoms with Crippen molar-refractivity contribution >= 4 is 34.1 Å². The molecule has 194 valence electrons. The van der Waals surface area contributed by atoms with Crippen LogP contribution in [-0.4, -0.2) is 22.6 Å². The molecule has 3 aromatic carbocycles. The SMILES string of the molecule is COc1cn(C(Cc2ccccc2)C(=O)Nc2ccc3cc(C#N)[nH]c3c2)c(=O)cc1-c1cc(Cl)ccc1C. The molecule has 1 atom stereocenters. The van der Waals surface area contributed by atoms with E-state index in [0.717, 1.165) is 27.6 Å². The van der Waals surface area contributed by atoms with E-state index < -0.39 is 6.04 Å². The van der Waals surface area contributed by atoms with E-state index in [1.165, 1.54) is 17.7 Å². The lowest BCUT2D eigenvalue weighted by atomic mass is 10.00. The molecule has 0 saturated carbocycles. The Bertz CT molecular complexity index is 1780. The molecule has 5 rings (SSSR count). The predicted octanol–water partition coefficient (Wildman–Crippen LogP) is 6.26. The fraction of sp³-hybridized carbons (Fsp3) is 0.129. The lowest BCUT2D eigenvalue weighted by Gasteiger charge is -2.22. The molecule has 2 N–H and O–H groups in total. The van der Waals surface area contributed by atoms with Gasteiger partial charge in [0, 0.05) is 39.7 Å². The molecule has 0 radical (unpaired) electrons. The molecular formula is C31H25ClN4O3. The number of nitrogens with zero attached hydrogens (tertiary/aromatic N) is 2. The standard InChI is InChI=1S/C31H25ClN4O3/c1-19-8-10-22(32)14-25(19)26-16-30(37)36(18-29(26)39-2)28(12-20-6-4-3-5-7-20)31(38)35-23-11-9-21-13-24(17-33)34-27(21)15-23/h3-11,13-16,18,28,34H,12H2,1-2H3,(H,35,38). The first kappa shape index (κ1) is 25.8. The zero-order valence-electron chi connectivity index (χ0n) is 21.4.